The first-order chi connectivity index (χ1) is 16.7. The molecule has 2 aliphatic heterocycles. The van der Waals surface area contributed by atoms with Crippen LogP contribution in [0.15, 0.2) is 48.8 Å². The van der Waals surface area contributed by atoms with E-state index in [0.717, 1.165) is 29.7 Å². The summed E-state index contributed by atoms with van der Waals surface area (Å²) >= 11 is 0. The Labute approximate surface area is 202 Å². The second kappa shape index (κ2) is 10.7. The summed E-state index contributed by atoms with van der Waals surface area (Å²) in [5.74, 6) is -0.125. The van der Waals surface area contributed by atoms with E-state index in [0.29, 0.717) is 39.0 Å². The molecule has 2 aromatic rings. The van der Waals surface area contributed by atoms with Crippen molar-refractivity contribution in [2.24, 2.45) is 0 Å². The zero-order valence-corrected chi connectivity index (χ0v) is 19.6. The molecule has 0 spiro atoms. The van der Waals surface area contributed by atoms with Crippen molar-refractivity contribution in [1.82, 2.24) is 25.4 Å². The molecule has 188 valence electrons. The zero-order valence-electron chi connectivity index (χ0n) is 19.6. The number of carbonyl (C=O) groups excluding carboxylic acids is 2. The molecule has 4 rings (SSSR count). The van der Waals surface area contributed by atoms with Gasteiger partial charge in [-0.25, -0.2) is 0 Å². The molecule has 1 aromatic heterocycles. The fourth-order valence-electron chi connectivity index (χ4n) is 4.95. The Morgan fingerprint density at radius 2 is 1.97 bits per heavy atom. The van der Waals surface area contributed by atoms with E-state index in [2.05, 4.69) is 20.5 Å². The van der Waals surface area contributed by atoms with Crippen LogP contribution >= 0.6 is 0 Å². The molecule has 35 heavy (non-hydrogen) atoms. The molecule has 0 unspecified atom stereocenters. The van der Waals surface area contributed by atoms with Crippen molar-refractivity contribution < 1.29 is 22.8 Å². The van der Waals surface area contributed by atoms with Crippen LogP contribution in [0, 0.1) is 0 Å². The fraction of sp³-hybridized carbons (Fsp3) is 0.480. The van der Waals surface area contributed by atoms with E-state index in [1.807, 2.05) is 24.1 Å². The van der Waals surface area contributed by atoms with E-state index < -0.39 is 11.7 Å². The number of benzene rings is 1. The monoisotopic (exact) mass is 489 g/mol. The fourth-order valence-corrected chi connectivity index (χ4v) is 4.95. The number of hydrogen-bond acceptors (Lipinski definition) is 5. The average molecular weight is 490 g/mol. The van der Waals surface area contributed by atoms with Gasteiger partial charge in [-0.15, -0.1) is 0 Å². The van der Waals surface area contributed by atoms with Gasteiger partial charge in [0, 0.05) is 57.1 Å². The van der Waals surface area contributed by atoms with Crippen LogP contribution in [-0.2, 0) is 28.9 Å². The van der Waals surface area contributed by atoms with E-state index in [1.165, 1.54) is 12.1 Å². The largest absolute Gasteiger partial charge is 0.416 e. The van der Waals surface area contributed by atoms with Crippen molar-refractivity contribution in [3.8, 4) is 0 Å². The number of nitrogens with zero attached hydrogens (tertiary/aromatic N) is 3. The number of hydrogen-bond donors (Lipinski definition) is 2. The summed E-state index contributed by atoms with van der Waals surface area (Å²) in [6.45, 7) is 1.95. The number of likely N-dealkylation sites (N-methyl/N-ethyl adjacent to an activating group) is 1. The molecule has 0 bridgehead atoms. The number of halogens is 3. The van der Waals surface area contributed by atoms with Gasteiger partial charge in [0.1, 0.15) is 6.04 Å². The molecule has 3 atom stereocenters. The molecule has 2 fully saturated rings. The molecule has 2 N–H and O–H groups in total. The van der Waals surface area contributed by atoms with Crippen LogP contribution in [0.2, 0.25) is 0 Å². The van der Waals surface area contributed by atoms with Gasteiger partial charge in [0.25, 0.3) is 0 Å². The van der Waals surface area contributed by atoms with Crippen LogP contribution in [0.4, 0.5) is 13.2 Å². The Bertz CT molecular complexity index is 1020. The number of pyridine rings is 1. The van der Waals surface area contributed by atoms with Gasteiger partial charge in [-0.3, -0.25) is 24.4 Å². The lowest BCUT2D eigenvalue weighted by Crippen LogP contribution is -2.49. The Morgan fingerprint density at radius 1 is 1.20 bits per heavy atom. The van der Waals surface area contributed by atoms with E-state index in [1.54, 1.807) is 12.4 Å². The Hall–Kier alpha value is -2.98. The number of nitrogens with one attached hydrogen (secondary N) is 2. The smallest absolute Gasteiger partial charge is 0.353 e. The number of fused-ring (bicyclic) bond motifs is 1. The highest BCUT2D eigenvalue weighted by Crippen LogP contribution is 2.31. The quantitative estimate of drug-likeness (QED) is 0.625. The van der Waals surface area contributed by atoms with Gasteiger partial charge in [-0.2, -0.15) is 13.2 Å². The van der Waals surface area contributed by atoms with Gasteiger partial charge in [0.05, 0.1) is 5.56 Å². The van der Waals surface area contributed by atoms with Crippen molar-refractivity contribution in [2.45, 2.75) is 56.7 Å². The molecule has 3 heterocycles. The molecule has 7 nitrogen and oxygen atoms in total. The van der Waals surface area contributed by atoms with Crippen molar-refractivity contribution in [3.63, 3.8) is 0 Å². The van der Waals surface area contributed by atoms with Crippen molar-refractivity contribution >= 4 is 11.8 Å². The summed E-state index contributed by atoms with van der Waals surface area (Å²) in [4.78, 5) is 33.6. The van der Waals surface area contributed by atoms with E-state index in [-0.39, 0.29) is 29.9 Å². The minimum atomic E-state index is -4.37. The highest BCUT2D eigenvalue weighted by molar-refractivity contribution is 5.83. The first-order valence-corrected chi connectivity index (χ1v) is 11.8. The number of aromatic nitrogens is 1. The number of carbonyl (C=O) groups is 2. The van der Waals surface area contributed by atoms with Crippen molar-refractivity contribution in [3.05, 3.63) is 65.5 Å². The second-order valence-corrected chi connectivity index (χ2v) is 9.21. The predicted molar refractivity (Wildman–Crippen MR) is 124 cm³/mol. The minimum absolute atomic E-state index is 0.0177. The van der Waals surface area contributed by atoms with Crippen LogP contribution in [0.3, 0.4) is 0 Å². The Balaban J connectivity index is 1.33. The molecule has 0 saturated carbocycles. The third-order valence-corrected chi connectivity index (χ3v) is 6.93. The predicted octanol–water partition coefficient (Wildman–Crippen LogP) is 2.57. The average Bonchev–Trinajstić information content (AvgIpc) is 3.21. The van der Waals surface area contributed by atoms with Gasteiger partial charge in [-0.1, -0.05) is 18.2 Å². The number of alkyl halides is 3. The van der Waals surface area contributed by atoms with Crippen LogP contribution < -0.4 is 10.6 Å². The molecule has 10 heteroatoms. The van der Waals surface area contributed by atoms with Crippen LogP contribution in [0.1, 0.15) is 36.0 Å². The molecule has 2 amide bonds. The maximum Gasteiger partial charge on any atom is 0.416 e. The molecule has 2 aliphatic rings. The van der Waals surface area contributed by atoms with Crippen LogP contribution in [-0.4, -0.2) is 64.9 Å². The molecule has 0 radical (unpaired) electrons. The van der Waals surface area contributed by atoms with Crippen LogP contribution in [0.5, 0.6) is 0 Å². The lowest BCUT2D eigenvalue weighted by Gasteiger charge is -2.33. The van der Waals surface area contributed by atoms with E-state index >= 15 is 0 Å². The Morgan fingerprint density at radius 3 is 2.66 bits per heavy atom. The molecular formula is C25H30F3N5O2. The second-order valence-electron chi connectivity index (χ2n) is 9.21. The summed E-state index contributed by atoms with van der Waals surface area (Å²) in [6, 6.07) is 8.45. The summed E-state index contributed by atoms with van der Waals surface area (Å²) in [5.41, 5.74) is 0.988. The Kier molecular flexibility index (Phi) is 7.71. The number of likely N-dealkylation sites (tertiary alicyclic amines) is 1. The standard InChI is InChI=1S/C25H30F3N5O2/c1-32-20(8-9-22(34)30-14-18-3-2-11-29-13-18)15-31-24(35)23-21(32)10-12-33(23)16-17-4-6-19(7-5-17)25(26,27)28/h2-7,11,13,20-21,23H,8-10,12,14-16H2,1H3,(H,30,34)(H,31,35)/t20-,21+,23-/m0/s1. The molecular weight excluding hydrogens is 459 g/mol. The molecule has 1 aromatic carbocycles. The third-order valence-electron chi connectivity index (χ3n) is 6.93. The van der Waals surface area contributed by atoms with Crippen LogP contribution in [0.25, 0.3) is 0 Å². The topological polar surface area (TPSA) is 77.6 Å². The van der Waals surface area contributed by atoms with E-state index in [9.17, 15) is 22.8 Å². The number of amides is 2. The van der Waals surface area contributed by atoms with Gasteiger partial charge in [0.15, 0.2) is 0 Å². The van der Waals surface area contributed by atoms with E-state index in [4.69, 9.17) is 0 Å². The lowest BCUT2D eigenvalue weighted by atomic mass is 10.0. The maximum atomic E-state index is 13.0. The van der Waals surface area contributed by atoms with Crippen molar-refractivity contribution in [2.75, 3.05) is 20.1 Å². The third kappa shape index (κ3) is 6.18. The normalized spacial score (nSPS) is 23.4. The first-order valence-electron chi connectivity index (χ1n) is 11.8. The highest BCUT2D eigenvalue weighted by Gasteiger charge is 2.45. The first kappa shape index (κ1) is 25.1. The van der Waals surface area contributed by atoms with Crippen molar-refractivity contribution in [1.29, 1.82) is 0 Å². The van der Waals surface area contributed by atoms with Gasteiger partial charge in [-0.05, 0) is 49.2 Å². The van der Waals surface area contributed by atoms with Gasteiger partial charge < -0.3 is 10.6 Å². The molecule has 0 aliphatic carbocycles. The number of rotatable bonds is 7. The summed E-state index contributed by atoms with van der Waals surface area (Å²) in [5, 5.41) is 5.92. The molecule has 2 saturated heterocycles. The van der Waals surface area contributed by atoms with Gasteiger partial charge in [0.2, 0.25) is 11.8 Å². The minimum Gasteiger partial charge on any atom is -0.353 e. The highest BCUT2D eigenvalue weighted by atomic mass is 19.4. The SMILES string of the molecule is CN1[C@@H](CCC(=O)NCc2cccnc2)CNC(=O)[C@@H]2[C@H]1CCN2Cc1ccc(C(F)(F)F)cc1. The maximum absolute atomic E-state index is 13.0. The summed E-state index contributed by atoms with van der Waals surface area (Å²) in [7, 11) is 1.98. The summed E-state index contributed by atoms with van der Waals surface area (Å²) in [6.07, 6.45) is 0.758. The van der Waals surface area contributed by atoms with Gasteiger partial charge >= 0.3 is 6.18 Å². The lowest BCUT2D eigenvalue weighted by molar-refractivity contribution is -0.137. The zero-order chi connectivity index (χ0) is 25.0. The summed E-state index contributed by atoms with van der Waals surface area (Å²) < 4.78 is 38.6.